The van der Waals surface area contributed by atoms with Crippen LogP contribution in [0.25, 0.3) is 10.9 Å². The van der Waals surface area contributed by atoms with Crippen molar-refractivity contribution in [2.75, 3.05) is 13.7 Å². The molecule has 0 N–H and O–H groups in total. The van der Waals surface area contributed by atoms with Gasteiger partial charge in [-0.1, -0.05) is 56.7 Å². The fourth-order valence-corrected chi connectivity index (χ4v) is 5.70. The summed E-state index contributed by atoms with van der Waals surface area (Å²) in [5.74, 6) is 0.237. The van der Waals surface area contributed by atoms with Gasteiger partial charge in [0, 0.05) is 35.3 Å². The number of aromatic nitrogens is 1. The van der Waals surface area contributed by atoms with Gasteiger partial charge in [0.2, 0.25) is 0 Å². The highest BCUT2D eigenvalue weighted by molar-refractivity contribution is 5.84. The molecule has 4 nitrogen and oxygen atoms in total. The van der Waals surface area contributed by atoms with Crippen molar-refractivity contribution in [3.05, 3.63) is 107 Å². The topological polar surface area (TPSA) is 34.6 Å². The van der Waals surface area contributed by atoms with Crippen molar-refractivity contribution in [1.29, 1.82) is 0 Å². The van der Waals surface area contributed by atoms with Crippen molar-refractivity contribution >= 4 is 10.9 Å². The fourth-order valence-electron chi connectivity index (χ4n) is 5.70. The largest absolute Gasteiger partial charge is 0.497 e. The van der Waals surface area contributed by atoms with E-state index in [1.54, 1.807) is 31.5 Å². The summed E-state index contributed by atoms with van der Waals surface area (Å²) in [5.41, 5.74) is 3.09. The van der Waals surface area contributed by atoms with E-state index in [4.69, 9.17) is 9.47 Å². The van der Waals surface area contributed by atoms with E-state index in [1.807, 2.05) is 42.5 Å². The van der Waals surface area contributed by atoms with E-state index >= 15 is 0 Å². The van der Waals surface area contributed by atoms with Gasteiger partial charge in [-0.15, -0.1) is 0 Å². The van der Waals surface area contributed by atoms with E-state index in [1.165, 1.54) is 12.1 Å². The molecule has 3 aromatic carbocycles. The van der Waals surface area contributed by atoms with Gasteiger partial charge in [0.25, 0.3) is 0 Å². The SMILES string of the molecule is CCC1(C)CCN(Cc2ccccc2F)C(C(OCc2ccccc2F)c2ccnc3ccc(OC)cc23)C1. The number of rotatable bonds is 9. The van der Waals surface area contributed by atoms with E-state index in [-0.39, 0.29) is 29.7 Å². The van der Waals surface area contributed by atoms with Gasteiger partial charge in [-0.2, -0.15) is 0 Å². The molecule has 1 aromatic heterocycles. The Hall–Kier alpha value is -3.35. The molecular weight excluding hydrogens is 494 g/mol. The first-order valence-electron chi connectivity index (χ1n) is 13.7. The monoisotopic (exact) mass is 530 g/mol. The summed E-state index contributed by atoms with van der Waals surface area (Å²) in [6, 6.07) is 21.4. The van der Waals surface area contributed by atoms with Crippen molar-refractivity contribution in [2.24, 2.45) is 5.41 Å². The summed E-state index contributed by atoms with van der Waals surface area (Å²) in [6.45, 7) is 5.96. The summed E-state index contributed by atoms with van der Waals surface area (Å²) in [4.78, 5) is 6.93. The number of ether oxygens (including phenoxy) is 2. The molecule has 0 radical (unpaired) electrons. The summed E-state index contributed by atoms with van der Waals surface area (Å²) in [7, 11) is 1.65. The summed E-state index contributed by atoms with van der Waals surface area (Å²) in [5, 5.41) is 0.935. The van der Waals surface area contributed by atoms with Gasteiger partial charge in [-0.25, -0.2) is 8.78 Å². The van der Waals surface area contributed by atoms with Gasteiger partial charge in [0.05, 0.1) is 25.3 Å². The zero-order chi connectivity index (χ0) is 27.4. The third-order valence-corrected chi connectivity index (χ3v) is 8.37. The standard InChI is InChI=1S/C33H36F2N2O2/c1-4-33(2)16-18-37(21-23-9-5-7-11-28(23)34)31(20-33)32(39-22-24-10-6-8-12-29(24)35)26-15-17-36-30-14-13-25(38-3)19-27(26)30/h5-15,17,19,31-32H,4,16,18,20-22H2,1-3H3. The Morgan fingerprint density at radius 1 is 1.00 bits per heavy atom. The van der Waals surface area contributed by atoms with Gasteiger partial charge in [-0.05, 0) is 66.8 Å². The number of nitrogens with zero attached hydrogens (tertiary/aromatic N) is 2. The molecule has 2 heterocycles. The lowest BCUT2D eigenvalue weighted by Gasteiger charge is -2.48. The molecule has 39 heavy (non-hydrogen) atoms. The molecule has 3 atom stereocenters. The quantitative estimate of drug-likeness (QED) is 0.221. The average Bonchev–Trinajstić information content (AvgIpc) is 2.96. The zero-order valence-corrected chi connectivity index (χ0v) is 22.9. The minimum absolute atomic E-state index is 0.0631. The third-order valence-electron chi connectivity index (χ3n) is 8.37. The highest BCUT2D eigenvalue weighted by Crippen LogP contribution is 2.44. The van der Waals surface area contributed by atoms with Gasteiger partial charge in [-0.3, -0.25) is 9.88 Å². The summed E-state index contributed by atoms with van der Waals surface area (Å²) < 4.78 is 41.7. The Kier molecular flexibility index (Phi) is 8.24. The molecule has 1 fully saturated rings. The summed E-state index contributed by atoms with van der Waals surface area (Å²) >= 11 is 0. The molecule has 4 aromatic rings. The fraction of sp³-hybridized carbons (Fsp3) is 0.364. The number of hydrogen-bond acceptors (Lipinski definition) is 4. The van der Waals surface area contributed by atoms with Gasteiger partial charge >= 0.3 is 0 Å². The normalized spacial score (nSPS) is 20.7. The number of piperidine rings is 1. The molecule has 0 aliphatic carbocycles. The lowest BCUT2D eigenvalue weighted by Crippen LogP contribution is -2.49. The second-order valence-electron chi connectivity index (χ2n) is 10.9. The first-order valence-corrected chi connectivity index (χ1v) is 13.7. The predicted octanol–water partition coefficient (Wildman–Crippen LogP) is 7.86. The molecule has 1 aliphatic rings. The molecular formula is C33H36F2N2O2. The van der Waals surface area contributed by atoms with Gasteiger partial charge in [0.1, 0.15) is 17.4 Å². The second kappa shape index (κ2) is 11.8. The van der Waals surface area contributed by atoms with Crippen LogP contribution < -0.4 is 4.74 Å². The second-order valence-corrected chi connectivity index (χ2v) is 10.9. The maximum absolute atomic E-state index is 14.8. The van der Waals surface area contributed by atoms with Crippen LogP contribution in [0.2, 0.25) is 0 Å². The van der Waals surface area contributed by atoms with Crippen LogP contribution in [0.15, 0.2) is 79.0 Å². The van der Waals surface area contributed by atoms with Crippen molar-refractivity contribution in [3.63, 3.8) is 0 Å². The third kappa shape index (κ3) is 5.97. The van der Waals surface area contributed by atoms with Crippen molar-refractivity contribution in [1.82, 2.24) is 9.88 Å². The van der Waals surface area contributed by atoms with Gasteiger partial charge in [0.15, 0.2) is 0 Å². The molecule has 3 unspecified atom stereocenters. The minimum atomic E-state index is -0.403. The maximum atomic E-state index is 14.8. The number of methoxy groups -OCH3 is 1. The van der Waals surface area contributed by atoms with Crippen LogP contribution in [0.4, 0.5) is 8.78 Å². The number of benzene rings is 3. The first kappa shape index (κ1) is 27.2. The van der Waals surface area contributed by atoms with Crippen LogP contribution in [0.5, 0.6) is 5.75 Å². The van der Waals surface area contributed by atoms with Crippen LogP contribution in [0.3, 0.4) is 0 Å². The maximum Gasteiger partial charge on any atom is 0.128 e. The van der Waals surface area contributed by atoms with E-state index in [0.717, 1.165) is 48.0 Å². The lowest BCUT2D eigenvalue weighted by molar-refractivity contribution is -0.0675. The molecule has 204 valence electrons. The predicted molar refractivity (Wildman–Crippen MR) is 150 cm³/mol. The Labute approximate surface area is 229 Å². The van der Waals surface area contributed by atoms with Crippen LogP contribution in [-0.4, -0.2) is 29.6 Å². The first-order chi connectivity index (χ1) is 18.9. The Morgan fingerprint density at radius 3 is 2.41 bits per heavy atom. The van der Waals surface area contributed by atoms with Crippen molar-refractivity contribution in [2.45, 2.75) is 58.4 Å². The highest BCUT2D eigenvalue weighted by atomic mass is 19.1. The molecule has 0 amide bonds. The lowest BCUT2D eigenvalue weighted by atomic mass is 9.73. The van der Waals surface area contributed by atoms with E-state index in [9.17, 15) is 8.78 Å². The van der Waals surface area contributed by atoms with Crippen LogP contribution in [0, 0.1) is 17.0 Å². The van der Waals surface area contributed by atoms with Crippen LogP contribution >= 0.6 is 0 Å². The van der Waals surface area contributed by atoms with Crippen molar-refractivity contribution in [3.8, 4) is 5.75 Å². The Bertz CT molecular complexity index is 1430. The zero-order valence-electron chi connectivity index (χ0n) is 22.9. The van der Waals surface area contributed by atoms with E-state index in [0.29, 0.717) is 17.7 Å². The van der Waals surface area contributed by atoms with Gasteiger partial charge < -0.3 is 9.47 Å². The molecule has 6 heteroatoms. The Morgan fingerprint density at radius 2 is 1.72 bits per heavy atom. The highest BCUT2D eigenvalue weighted by Gasteiger charge is 2.41. The molecule has 0 saturated carbocycles. The molecule has 0 bridgehead atoms. The van der Waals surface area contributed by atoms with Crippen molar-refractivity contribution < 1.29 is 18.3 Å². The van der Waals surface area contributed by atoms with E-state index in [2.05, 4.69) is 23.7 Å². The van der Waals surface area contributed by atoms with E-state index < -0.39 is 6.10 Å². The molecule has 1 saturated heterocycles. The number of hydrogen-bond donors (Lipinski definition) is 0. The van der Waals surface area contributed by atoms with Crippen LogP contribution in [-0.2, 0) is 17.9 Å². The molecule has 0 spiro atoms. The number of likely N-dealkylation sites (tertiary alicyclic amines) is 1. The summed E-state index contributed by atoms with van der Waals surface area (Å²) in [6.07, 6.45) is 4.31. The molecule has 1 aliphatic heterocycles. The number of halogens is 2. The number of pyridine rings is 1. The number of fused-ring (bicyclic) bond motifs is 1. The smallest absolute Gasteiger partial charge is 0.128 e. The van der Waals surface area contributed by atoms with Crippen LogP contribution in [0.1, 0.15) is 55.9 Å². The minimum Gasteiger partial charge on any atom is -0.497 e. The molecule has 5 rings (SSSR count). The average molecular weight is 531 g/mol. The Balaban J connectivity index is 1.60.